The number of pyridine rings is 1. The molecule has 0 aliphatic rings. The average molecular weight is 509 g/mol. The Kier molecular flexibility index (Phi) is 8.32. The van der Waals surface area contributed by atoms with Crippen molar-refractivity contribution in [1.29, 1.82) is 5.26 Å². The van der Waals surface area contributed by atoms with Gasteiger partial charge in [0.05, 0.1) is 31.0 Å². The molecule has 1 heterocycles. The number of hydrogen-bond acceptors (Lipinski definition) is 8. The standard InChI is InChI=1S/C30H24N2O6/c1-35-26-18-20(12-14-25(26)37-17-16-31)13-15-27(33)38-19-24-29(30(34)36-2)28(21-8-4-3-5-9-21)22-10-6-7-11-23(22)32-24/h3-15,18H,17,19H2,1-2H3/b15-13+. The molecular formula is C30H24N2O6. The number of esters is 2. The van der Waals surface area contributed by atoms with Crippen LogP contribution in [0.4, 0.5) is 0 Å². The number of ether oxygens (including phenoxy) is 4. The topological polar surface area (TPSA) is 108 Å². The summed E-state index contributed by atoms with van der Waals surface area (Å²) < 4.78 is 21.2. The first-order valence-electron chi connectivity index (χ1n) is 11.6. The van der Waals surface area contributed by atoms with Gasteiger partial charge in [-0.3, -0.25) is 0 Å². The van der Waals surface area contributed by atoms with Crippen molar-refractivity contribution in [3.8, 4) is 28.7 Å². The molecule has 8 heteroatoms. The van der Waals surface area contributed by atoms with E-state index in [1.165, 1.54) is 20.3 Å². The quantitative estimate of drug-likeness (QED) is 0.220. The van der Waals surface area contributed by atoms with Crippen molar-refractivity contribution in [2.45, 2.75) is 6.61 Å². The minimum absolute atomic E-state index is 0.111. The van der Waals surface area contributed by atoms with E-state index in [0.717, 1.165) is 10.9 Å². The number of nitrogens with zero attached hydrogens (tertiary/aromatic N) is 2. The normalized spacial score (nSPS) is 10.7. The molecular weight excluding hydrogens is 484 g/mol. The summed E-state index contributed by atoms with van der Waals surface area (Å²) in [6, 6.07) is 23.8. The Morgan fingerprint density at radius 2 is 1.74 bits per heavy atom. The lowest BCUT2D eigenvalue weighted by Gasteiger charge is -2.16. The third-order valence-electron chi connectivity index (χ3n) is 5.66. The number of rotatable bonds is 9. The second-order valence-electron chi connectivity index (χ2n) is 7.98. The highest BCUT2D eigenvalue weighted by Crippen LogP contribution is 2.34. The molecule has 1 aromatic heterocycles. The summed E-state index contributed by atoms with van der Waals surface area (Å²) in [4.78, 5) is 30.1. The molecule has 190 valence electrons. The summed E-state index contributed by atoms with van der Waals surface area (Å²) in [6.07, 6.45) is 2.82. The molecule has 8 nitrogen and oxygen atoms in total. The molecule has 0 bridgehead atoms. The van der Waals surface area contributed by atoms with Gasteiger partial charge in [-0.15, -0.1) is 0 Å². The first-order chi connectivity index (χ1) is 18.5. The van der Waals surface area contributed by atoms with Crippen LogP contribution in [0.2, 0.25) is 0 Å². The zero-order valence-electron chi connectivity index (χ0n) is 20.8. The van der Waals surface area contributed by atoms with Crippen molar-refractivity contribution in [1.82, 2.24) is 4.98 Å². The molecule has 0 atom stereocenters. The number of nitriles is 1. The largest absolute Gasteiger partial charge is 0.493 e. The zero-order chi connectivity index (χ0) is 26.9. The van der Waals surface area contributed by atoms with Crippen molar-refractivity contribution >= 4 is 28.9 Å². The van der Waals surface area contributed by atoms with Gasteiger partial charge in [-0.1, -0.05) is 54.6 Å². The number of benzene rings is 3. The van der Waals surface area contributed by atoms with Gasteiger partial charge in [0.25, 0.3) is 0 Å². The first-order valence-corrected chi connectivity index (χ1v) is 11.6. The van der Waals surface area contributed by atoms with Crippen molar-refractivity contribution in [2.75, 3.05) is 20.8 Å². The molecule has 4 rings (SSSR count). The number of para-hydroxylation sites is 1. The third-order valence-corrected chi connectivity index (χ3v) is 5.66. The van der Waals surface area contributed by atoms with Crippen LogP contribution < -0.4 is 9.47 Å². The van der Waals surface area contributed by atoms with Crippen LogP contribution in [0.25, 0.3) is 28.1 Å². The van der Waals surface area contributed by atoms with Crippen LogP contribution >= 0.6 is 0 Å². The summed E-state index contributed by atoms with van der Waals surface area (Å²) in [7, 11) is 2.78. The fourth-order valence-electron chi connectivity index (χ4n) is 3.96. The molecule has 38 heavy (non-hydrogen) atoms. The van der Waals surface area contributed by atoms with E-state index in [1.54, 1.807) is 24.3 Å². The minimum atomic E-state index is -0.624. The van der Waals surface area contributed by atoms with Gasteiger partial charge in [-0.2, -0.15) is 5.26 Å². The van der Waals surface area contributed by atoms with Crippen LogP contribution in [0.15, 0.2) is 78.9 Å². The second-order valence-corrected chi connectivity index (χ2v) is 7.98. The maximum Gasteiger partial charge on any atom is 0.340 e. The maximum absolute atomic E-state index is 12.9. The van der Waals surface area contributed by atoms with Gasteiger partial charge in [0.15, 0.2) is 18.1 Å². The zero-order valence-corrected chi connectivity index (χ0v) is 20.8. The monoisotopic (exact) mass is 508 g/mol. The van der Waals surface area contributed by atoms with E-state index in [9.17, 15) is 9.59 Å². The number of carbonyl (C=O) groups excluding carboxylic acids is 2. The van der Waals surface area contributed by atoms with Gasteiger partial charge in [0.1, 0.15) is 12.7 Å². The van der Waals surface area contributed by atoms with E-state index in [0.29, 0.717) is 28.1 Å². The Morgan fingerprint density at radius 1 is 0.974 bits per heavy atom. The molecule has 0 N–H and O–H groups in total. The predicted octanol–water partition coefficient (Wildman–Crippen LogP) is 5.36. The fourth-order valence-corrected chi connectivity index (χ4v) is 3.96. The molecule has 0 amide bonds. The molecule has 0 saturated carbocycles. The molecule has 0 radical (unpaired) electrons. The summed E-state index contributed by atoms with van der Waals surface area (Å²) in [5.41, 5.74) is 3.33. The van der Waals surface area contributed by atoms with Gasteiger partial charge < -0.3 is 18.9 Å². The Morgan fingerprint density at radius 3 is 2.47 bits per heavy atom. The van der Waals surface area contributed by atoms with Crippen LogP contribution in [0, 0.1) is 11.3 Å². The number of hydrogen-bond donors (Lipinski definition) is 0. The molecule has 0 saturated heterocycles. The lowest BCUT2D eigenvalue weighted by atomic mass is 9.94. The molecule has 0 fully saturated rings. The van der Waals surface area contributed by atoms with Crippen LogP contribution in [-0.4, -0.2) is 37.7 Å². The smallest absolute Gasteiger partial charge is 0.340 e. The van der Waals surface area contributed by atoms with Crippen molar-refractivity contribution < 1.29 is 28.5 Å². The van der Waals surface area contributed by atoms with E-state index < -0.39 is 11.9 Å². The molecule has 0 aliphatic heterocycles. The Hall–Kier alpha value is -5.16. The number of fused-ring (bicyclic) bond motifs is 1. The van der Waals surface area contributed by atoms with Crippen LogP contribution in [0.5, 0.6) is 11.5 Å². The Bertz CT molecular complexity index is 1540. The highest BCUT2D eigenvalue weighted by molar-refractivity contribution is 6.07. The van der Waals surface area contributed by atoms with Crippen LogP contribution in [-0.2, 0) is 20.9 Å². The minimum Gasteiger partial charge on any atom is -0.493 e. The third kappa shape index (κ3) is 5.79. The molecule has 3 aromatic carbocycles. The van der Waals surface area contributed by atoms with E-state index >= 15 is 0 Å². The lowest BCUT2D eigenvalue weighted by molar-refractivity contribution is -0.139. The number of methoxy groups -OCH3 is 2. The van der Waals surface area contributed by atoms with E-state index in [4.69, 9.17) is 24.2 Å². The van der Waals surface area contributed by atoms with Gasteiger partial charge in [0.2, 0.25) is 0 Å². The second kappa shape index (κ2) is 12.2. The van der Waals surface area contributed by atoms with Crippen LogP contribution in [0.3, 0.4) is 0 Å². The molecule has 0 spiro atoms. The van der Waals surface area contributed by atoms with Crippen molar-refractivity contribution in [3.63, 3.8) is 0 Å². The summed E-state index contributed by atoms with van der Waals surface area (Å²) >= 11 is 0. The van der Waals surface area contributed by atoms with Crippen molar-refractivity contribution in [3.05, 3.63) is 95.7 Å². The van der Waals surface area contributed by atoms with E-state index in [-0.39, 0.29) is 24.5 Å². The predicted molar refractivity (Wildman–Crippen MR) is 141 cm³/mol. The van der Waals surface area contributed by atoms with Gasteiger partial charge in [-0.25, -0.2) is 14.6 Å². The summed E-state index contributed by atoms with van der Waals surface area (Å²) in [5.74, 6) is -0.358. The summed E-state index contributed by atoms with van der Waals surface area (Å²) in [6.45, 7) is -0.344. The average Bonchev–Trinajstić information content (AvgIpc) is 2.97. The van der Waals surface area contributed by atoms with Crippen molar-refractivity contribution in [2.24, 2.45) is 0 Å². The van der Waals surface area contributed by atoms with E-state index in [2.05, 4.69) is 4.98 Å². The van der Waals surface area contributed by atoms with Gasteiger partial charge in [-0.05, 0) is 35.4 Å². The first kappa shape index (κ1) is 25.9. The van der Waals surface area contributed by atoms with Crippen LogP contribution in [0.1, 0.15) is 21.6 Å². The molecule has 0 unspecified atom stereocenters. The number of carbonyl (C=O) groups is 2. The highest BCUT2D eigenvalue weighted by atomic mass is 16.5. The Labute approximate surface area is 219 Å². The SMILES string of the molecule is COC(=O)c1c(COC(=O)/C=C/c2ccc(OCC#N)c(OC)c2)nc2ccccc2c1-c1ccccc1. The number of aromatic nitrogens is 1. The fraction of sp³-hybridized carbons (Fsp3) is 0.133. The Balaban J connectivity index is 1.61. The highest BCUT2D eigenvalue weighted by Gasteiger charge is 2.23. The van der Waals surface area contributed by atoms with E-state index in [1.807, 2.05) is 60.7 Å². The maximum atomic E-state index is 12.9. The van der Waals surface area contributed by atoms with Gasteiger partial charge in [0, 0.05) is 17.0 Å². The molecule has 0 aliphatic carbocycles. The molecule has 4 aromatic rings. The van der Waals surface area contributed by atoms with Gasteiger partial charge >= 0.3 is 11.9 Å². The summed E-state index contributed by atoms with van der Waals surface area (Å²) in [5, 5.41) is 9.48. The lowest BCUT2D eigenvalue weighted by Crippen LogP contribution is -2.13.